The van der Waals surface area contributed by atoms with E-state index in [1.165, 1.54) is 0 Å². The molecule has 0 fully saturated rings. The minimum absolute atomic E-state index is 0.0751. The van der Waals surface area contributed by atoms with Gasteiger partial charge in [-0.3, -0.25) is 0 Å². The van der Waals surface area contributed by atoms with Crippen LogP contribution in [-0.4, -0.2) is 34.2 Å². The van der Waals surface area contributed by atoms with Crippen molar-refractivity contribution in [1.29, 1.82) is 0 Å². The van der Waals surface area contributed by atoms with Crippen molar-refractivity contribution in [3.8, 4) is 0 Å². The molecule has 0 amide bonds. The standard InChI is InChI=1S/C10H24N2O2/c1-4-5-6-10(11,9(2)3)12(14)7-8-13/h9,13-14H,4-8,11H2,1-3H3. The van der Waals surface area contributed by atoms with Gasteiger partial charge >= 0.3 is 0 Å². The van der Waals surface area contributed by atoms with Crippen LogP contribution in [0.1, 0.15) is 40.0 Å². The number of aliphatic hydroxyl groups is 1. The Morgan fingerprint density at radius 2 is 2.00 bits per heavy atom. The lowest BCUT2D eigenvalue weighted by Crippen LogP contribution is -2.59. The molecule has 0 rings (SSSR count). The summed E-state index contributed by atoms with van der Waals surface area (Å²) in [5.41, 5.74) is 5.41. The van der Waals surface area contributed by atoms with E-state index in [0.717, 1.165) is 24.3 Å². The highest BCUT2D eigenvalue weighted by Gasteiger charge is 2.34. The Morgan fingerprint density at radius 1 is 1.43 bits per heavy atom. The Bertz CT molecular complexity index is 153. The van der Waals surface area contributed by atoms with Crippen LogP contribution < -0.4 is 5.73 Å². The van der Waals surface area contributed by atoms with Crippen LogP contribution in [0.25, 0.3) is 0 Å². The van der Waals surface area contributed by atoms with Crippen molar-refractivity contribution >= 4 is 0 Å². The second-order valence-corrected chi connectivity index (χ2v) is 4.10. The monoisotopic (exact) mass is 204 g/mol. The van der Waals surface area contributed by atoms with Gasteiger partial charge in [-0.15, -0.1) is 0 Å². The maximum absolute atomic E-state index is 9.71. The Morgan fingerprint density at radius 3 is 2.36 bits per heavy atom. The van der Waals surface area contributed by atoms with Crippen LogP contribution in [-0.2, 0) is 0 Å². The number of rotatable bonds is 7. The molecule has 14 heavy (non-hydrogen) atoms. The Hall–Kier alpha value is -0.160. The zero-order chi connectivity index (χ0) is 11.2. The summed E-state index contributed by atoms with van der Waals surface area (Å²) in [5.74, 6) is 0.158. The predicted molar refractivity (Wildman–Crippen MR) is 56.9 cm³/mol. The van der Waals surface area contributed by atoms with E-state index in [1.807, 2.05) is 13.8 Å². The topological polar surface area (TPSA) is 69.7 Å². The smallest absolute Gasteiger partial charge is 0.0949 e. The molecule has 0 aliphatic heterocycles. The largest absolute Gasteiger partial charge is 0.395 e. The van der Waals surface area contributed by atoms with Crippen molar-refractivity contribution in [1.82, 2.24) is 5.06 Å². The quantitative estimate of drug-likeness (QED) is 0.430. The lowest BCUT2D eigenvalue weighted by atomic mass is 9.91. The van der Waals surface area contributed by atoms with Gasteiger partial charge in [0.25, 0.3) is 0 Å². The third-order valence-corrected chi connectivity index (χ3v) is 2.72. The van der Waals surface area contributed by atoms with Crippen molar-refractivity contribution in [2.24, 2.45) is 11.7 Å². The zero-order valence-electron chi connectivity index (χ0n) is 9.53. The summed E-state index contributed by atoms with van der Waals surface area (Å²) in [6.07, 6.45) is 2.79. The van der Waals surface area contributed by atoms with Gasteiger partial charge in [-0.1, -0.05) is 33.6 Å². The molecule has 0 bridgehead atoms. The Labute approximate surface area is 86.7 Å². The highest BCUT2D eigenvalue weighted by Crippen LogP contribution is 2.23. The van der Waals surface area contributed by atoms with Crippen molar-refractivity contribution in [3.63, 3.8) is 0 Å². The van der Waals surface area contributed by atoms with Crippen LogP contribution in [0.2, 0.25) is 0 Å². The van der Waals surface area contributed by atoms with Gasteiger partial charge < -0.3 is 16.0 Å². The summed E-state index contributed by atoms with van der Waals surface area (Å²) in [5, 5.41) is 19.5. The summed E-state index contributed by atoms with van der Waals surface area (Å²) >= 11 is 0. The molecule has 1 unspecified atom stereocenters. The molecule has 0 aromatic carbocycles. The number of aliphatic hydroxyl groups excluding tert-OH is 1. The van der Waals surface area contributed by atoms with E-state index >= 15 is 0 Å². The molecule has 4 heteroatoms. The van der Waals surface area contributed by atoms with Gasteiger partial charge in [0.1, 0.15) is 0 Å². The van der Waals surface area contributed by atoms with Gasteiger partial charge in [-0.25, -0.2) is 0 Å². The summed E-state index contributed by atoms with van der Waals surface area (Å²) in [4.78, 5) is 0. The van der Waals surface area contributed by atoms with E-state index in [-0.39, 0.29) is 19.1 Å². The lowest BCUT2D eigenvalue weighted by molar-refractivity contribution is -0.195. The zero-order valence-corrected chi connectivity index (χ0v) is 9.53. The number of hydrogen-bond donors (Lipinski definition) is 3. The lowest BCUT2D eigenvalue weighted by Gasteiger charge is -2.40. The first-order valence-corrected chi connectivity index (χ1v) is 5.35. The second kappa shape index (κ2) is 6.35. The SMILES string of the molecule is CCCCC(N)(C(C)C)N(O)CCO. The van der Waals surface area contributed by atoms with Crippen molar-refractivity contribution < 1.29 is 10.3 Å². The number of unbranched alkanes of at least 4 members (excludes halogenated alkanes) is 1. The Balaban J connectivity index is 4.36. The molecule has 0 aliphatic rings. The summed E-state index contributed by atoms with van der Waals surface area (Å²) in [7, 11) is 0. The summed E-state index contributed by atoms with van der Waals surface area (Å²) in [6, 6.07) is 0. The molecule has 0 saturated carbocycles. The van der Waals surface area contributed by atoms with E-state index in [4.69, 9.17) is 10.8 Å². The van der Waals surface area contributed by atoms with E-state index in [1.54, 1.807) is 0 Å². The molecule has 0 aromatic heterocycles. The van der Waals surface area contributed by atoms with E-state index < -0.39 is 5.66 Å². The van der Waals surface area contributed by atoms with Crippen LogP contribution in [0.3, 0.4) is 0 Å². The molecule has 0 radical (unpaired) electrons. The number of nitrogens with two attached hydrogens (primary N) is 1. The molecule has 1 atom stereocenters. The summed E-state index contributed by atoms with van der Waals surface area (Å²) < 4.78 is 0. The molecule has 0 aromatic rings. The average Bonchev–Trinajstić information content (AvgIpc) is 2.14. The van der Waals surface area contributed by atoms with E-state index in [9.17, 15) is 5.21 Å². The van der Waals surface area contributed by atoms with Gasteiger partial charge in [0.05, 0.1) is 12.3 Å². The maximum Gasteiger partial charge on any atom is 0.0949 e. The molecular formula is C10H24N2O2. The van der Waals surface area contributed by atoms with Gasteiger partial charge in [-0.2, -0.15) is 5.06 Å². The minimum Gasteiger partial charge on any atom is -0.395 e. The second-order valence-electron chi connectivity index (χ2n) is 4.10. The van der Waals surface area contributed by atoms with Gasteiger partial charge in [0, 0.05) is 6.54 Å². The number of hydrogen-bond acceptors (Lipinski definition) is 4. The third kappa shape index (κ3) is 3.53. The average molecular weight is 204 g/mol. The Kier molecular flexibility index (Phi) is 6.27. The molecule has 0 saturated heterocycles. The fourth-order valence-electron chi connectivity index (χ4n) is 1.48. The van der Waals surface area contributed by atoms with Gasteiger partial charge in [0.2, 0.25) is 0 Å². The van der Waals surface area contributed by atoms with Gasteiger partial charge in [-0.05, 0) is 12.3 Å². The predicted octanol–water partition coefficient (Wildman–Crippen LogP) is 1.17. The van der Waals surface area contributed by atoms with Crippen LogP contribution in [0, 0.1) is 5.92 Å². The van der Waals surface area contributed by atoms with Crippen LogP contribution in [0.5, 0.6) is 0 Å². The van der Waals surface area contributed by atoms with Gasteiger partial charge in [0.15, 0.2) is 0 Å². The van der Waals surface area contributed by atoms with Crippen molar-refractivity contribution in [2.75, 3.05) is 13.2 Å². The molecule has 86 valence electrons. The first kappa shape index (κ1) is 13.8. The molecule has 4 N–H and O–H groups in total. The normalized spacial score (nSPS) is 16.3. The van der Waals surface area contributed by atoms with Crippen LogP contribution in [0.4, 0.5) is 0 Å². The van der Waals surface area contributed by atoms with Crippen LogP contribution >= 0.6 is 0 Å². The highest BCUT2D eigenvalue weighted by atomic mass is 16.5. The maximum atomic E-state index is 9.71. The first-order valence-electron chi connectivity index (χ1n) is 5.35. The molecular weight excluding hydrogens is 180 g/mol. The summed E-state index contributed by atoms with van der Waals surface area (Å²) in [6.45, 7) is 6.19. The van der Waals surface area contributed by atoms with Crippen molar-refractivity contribution in [2.45, 2.75) is 45.7 Å². The molecule has 4 nitrogen and oxygen atoms in total. The number of hydroxylamine groups is 2. The fourth-order valence-corrected chi connectivity index (χ4v) is 1.48. The fraction of sp³-hybridized carbons (Fsp3) is 1.00. The minimum atomic E-state index is -0.710. The first-order chi connectivity index (χ1) is 6.49. The van der Waals surface area contributed by atoms with Crippen molar-refractivity contribution in [3.05, 3.63) is 0 Å². The number of nitrogens with zero attached hydrogens (tertiary/aromatic N) is 1. The van der Waals surface area contributed by atoms with Crippen LogP contribution in [0.15, 0.2) is 0 Å². The van der Waals surface area contributed by atoms with E-state index in [2.05, 4.69) is 6.92 Å². The molecule has 0 aliphatic carbocycles. The highest BCUT2D eigenvalue weighted by molar-refractivity contribution is 4.83. The van der Waals surface area contributed by atoms with E-state index in [0.29, 0.717) is 0 Å². The molecule has 0 heterocycles. The molecule has 0 spiro atoms. The third-order valence-electron chi connectivity index (χ3n) is 2.72.